The van der Waals surface area contributed by atoms with Gasteiger partial charge in [-0.15, -0.1) is 0 Å². The Hall–Kier alpha value is -2.91. The van der Waals surface area contributed by atoms with Crippen LogP contribution in [0.3, 0.4) is 0 Å². The van der Waals surface area contributed by atoms with E-state index in [4.69, 9.17) is 0 Å². The maximum Gasteiger partial charge on any atom is 0.251 e. The number of piperidine rings is 1. The molecule has 1 saturated heterocycles. The quantitative estimate of drug-likeness (QED) is 0.523. The molecule has 0 spiro atoms. The number of likely N-dealkylation sites (tertiary alicyclic amines) is 1. The minimum absolute atomic E-state index is 0.0525. The lowest BCUT2D eigenvalue weighted by molar-refractivity contribution is 0.0936. The summed E-state index contributed by atoms with van der Waals surface area (Å²) in [6.45, 7) is 3.45. The van der Waals surface area contributed by atoms with E-state index in [0.29, 0.717) is 17.8 Å². The molecular formula is C30H34N2O. The Labute approximate surface area is 197 Å². The predicted octanol–water partition coefficient (Wildman–Crippen LogP) is 5.86. The van der Waals surface area contributed by atoms with E-state index in [9.17, 15) is 4.79 Å². The molecule has 5 rings (SSSR count). The zero-order chi connectivity index (χ0) is 22.5. The molecule has 1 heterocycles. The van der Waals surface area contributed by atoms with Crippen LogP contribution in [0.15, 0.2) is 91.0 Å². The van der Waals surface area contributed by atoms with Gasteiger partial charge in [-0.05, 0) is 79.8 Å². The monoisotopic (exact) mass is 438 g/mol. The highest BCUT2D eigenvalue weighted by atomic mass is 16.1. The molecule has 0 radical (unpaired) electrons. The first-order valence-corrected chi connectivity index (χ1v) is 12.4. The molecule has 2 fully saturated rings. The maximum atomic E-state index is 12.8. The zero-order valence-corrected chi connectivity index (χ0v) is 19.3. The molecule has 2 aliphatic rings. The SMILES string of the molecule is O=C(NC1CC(CN2CCC(c3ccccc3)CC2)C(c2ccccc2)C1)c1ccccc1. The van der Waals surface area contributed by atoms with Gasteiger partial charge in [0.05, 0.1) is 0 Å². The van der Waals surface area contributed by atoms with Crippen molar-refractivity contribution in [1.82, 2.24) is 10.2 Å². The minimum Gasteiger partial charge on any atom is -0.349 e. The minimum atomic E-state index is 0.0525. The lowest BCUT2D eigenvalue weighted by atomic mass is 9.86. The number of carbonyl (C=O) groups is 1. The average Bonchev–Trinajstić information content (AvgIpc) is 3.28. The van der Waals surface area contributed by atoms with Crippen molar-refractivity contribution in [1.29, 1.82) is 0 Å². The van der Waals surface area contributed by atoms with Crippen molar-refractivity contribution in [2.24, 2.45) is 5.92 Å². The van der Waals surface area contributed by atoms with Gasteiger partial charge in [0.15, 0.2) is 0 Å². The van der Waals surface area contributed by atoms with E-state index in [1.807, 2.05) is 30.3 Å². The summed E-state index contributed by atoms with van der Waals surface area (Å²) in [5.41, 5.74) is 3.65. The van der Waals surface area contributed by atoms with Gasteiger partial charge in [0.2, 0.25) is 0 Å². The highest BCUT2D eigenvalue weighted by Gasteiger charge is 2.37. The van der Waals surface area contributed by atoms with Crippen molar-refractivity contribution in [2.75, 3.05) is 19.6 Å². The normalized spacial score (nSPS) is 23.9. The van der Waals surface area contributed by atoms with Crippen LogP contribution in [0.2, 0.25) is 0 Å². The van der Waals surface area contributed by atoms with Crippen LogP contribution in [0.1, 0.15) is 59.0 Å². The number of benzene rings is 3. The van der Waals surface area contributed by atoms with Crippen molar-refractivity contribution in [3.63, 3.8) is 0 Å². The van der Waals surface area contributed by atoms with E-state index in [1.54, 1.807) is 0 Å². The second-order valence-corrected chi connectivity index (χ2v) is 9.77. The third-order valence-corrected chi connectivity index (χ3v) is 7.64. The molecule has 1 saturated carbocycles. The standard InChI is InChI=1S/C30H34N2O/c33-30(26-14-8-3-9-15-26)31-28-20-27(29(21-28)25-12-6-2-7-13-25)22-32-18-16-24(17-19-32)23-10-4-1-5-11-23/h1-15,24,27-29H,16-22H2,(H,31,33). The topological polar surface area (TPSA) is 32.3 Å². The van der Waals surface area contributed by atoms with E-state index in [2.05, 4.69) is 70.9 Å². The van der Waals surface area contributed by atoms with Gasteiger partial charge in [0.1, 0.15) is 0 Å². The van der Waals surface area contributed by atoms with Crippen molar-refractivity contribution in [3.8, 4) is 0 Å². The van der Waals surface area contributed by atoms with E-state index in [0.717, 1.165) is 24.9 Å². The molecule has 3 heteroatoms. The van der Waals surface area contributed by atoms with Crippen LogP contribution in [-0.4, -0.2) is 36.5 Å². The van der Waals surface area contributed by atoms with Crippen molar-refractivity contribution in [2.45, 2.75) is 43.6 Å². The average molecular weight is 439 g/mol. The number of hydrogen-bond acceptors (Lipinski definition) is 2. The van der Waals surface area contributed by atoms with Crippen LogP contribution in [0, 0.1) is 5.92 Å². The van der Waals surface area contributed by atoms with E-state index >= 15 is 0 Å². The Morgan fingerprint density at radius 1 is 0.758 bits per heavy atom. The van der Waals surface area contributed by atoms with E-state index in [1.165, 1.54) is 37.1 Å². The molecule has 170 valence electrons. The highest BCUT2D eigenvalue weighted by molar-refractivity contribution is 5.94. The molecule has 3 atom stereocenters. The number of hydrogen-bond donors (Lipinski definition) is 1. The largest absolute Gasteiger partial charge is 0.349 e. The van der Waals surface area contributed by atoms with Crippen LogP contribution >= 0.6 is 0 Å². The van der Waals surface area contributed by atoms with E-state index < -0.39 is 0 Å². The van der Waals surface area contributed by atoms with Crippen molar-refractivity contribution in [3.05, 3.63) is 108 Å². The van der Waals surface area contributed by atoms with Gasteiger partial charge in [-0.2, -0.15) is 0 Å². The van der Waals surface area contributed by atoms with Crippen molar-refractivity contribution >= 4 is 5.91 Å². The Morgan fingerprint density at radius 2 is 1.33 bits per heavy atom. The lowest BCUT2D eigenvalue weighted by Gasteiger charge is -2.35. The molecule has 3 aromatic rings. The molecule has 1 amide bonds. The third-order valence-electron chi connectivity index (χ3n) is 7.64. The van der Waals surface area contributed by atoms with Crippen LogP contribution in [0.4, 0.5) is 0 Å². The summed E-state index contributed by atoms with van der Waals surface area (Å²) in [4.78, 5) is 15.5. The summed E-state index contributed by atoms with van der Waals surface area (Å²) in [6.07, 6.45) is 4.55. The summed E-state index contributed by atoms with van der Waals surface area (Å²) in [5, 5.41) is 3.33. The number of nitrogens with zero attached hydrogens (tertiary/aromatic N) is 1. The molecule has 3 aromatic carbocycles. The molecule has 3 unspecified atom stereocenters. The maximum absolute atomic E-state index is 12.8. The van der Waals surface area contributed by atoms with Crippen LogP contribution < -0.4 is 5.32 Å². The summed E-state index contributed by atoms with van der Waals surface area (Å²) in [6, 6.07) is 31.7. The number of nitrogens with one attached hydrogen (secondary N) is 1. The number of rotatable bonds is 6. The summed E-state index contributed by atoms with van der Waals surface area (Å²) in [5.74, 6) is 1.81. The first-order valence-electron chi connectivity index (χ1n) is 12.4. The van der Waals surface area contributed by atoms with Gasteiger partial charge in [0, 0.05) is 18.2 Å². The highest BCUT2D eigenvalue weighted by Crippen LogP contribution is 2.41. The first-order chi connectivity index (χ1) is 16.3. The van der Waals surface area contributed by atoms with Crippen molar-refractivity contribution < 1.29 is 4.79 Å². The van der Waals surface area contributed by atoms with Gasteiger partial charge in [-0.25, -0.2) is 0 Å². The van der Waals surface area contributed by atoms with Crippen LogP contribution in [-0.2, 0) is 0 Å². The molecule has 0 bridgehead atoms. The second-order valence-electron chi connectivity index (χ2n) is 9.77. The zero-order valence-electron chi connectivity index (χ0n) is 19.3. The van der Waals surface area contributed by atoms with Crippen LogP contribution in [0.5, 0.6) is 0 Å². The Kier molecular flexibility index (Phi) is 6.87. The van der Waals surface area contributed by atoms with Gasteiger partial charge in [-0.3, -0.25) is 4.79 Å². The van der Waals surface area contributed by atoms with Gasteiger partial charge in [-0.1, -0.05) is 78.9 Å². The molecule has 0 aromatic heterocycles. The summed E-state index contributed by atoms with van der Waals surface area (Å²) >= 11 is 0. The Bertz CT molecular complexity index is 1010. The molecule has 1 N–H and O–H groups in total. The van der Waals surface area contributed by atoms with Gasteiger partial charge in [0.25, 0.3) is 5.91 Å². The molecule has 1 aliphatic heterocycles. The Balaban J connectivity index is 1.23. The second kappa shape index (κ2) is 10.4. The molecule has 3 nitrogen and oxygen atoms in total. The third kappa shape index (κ3) is 5.36. The lowest BCUT2D eigenvalue weighted by Crippen LogP contribution is -2.37. The fraction of sp³-hybridized carbons (Fsp3) is 0.367. The first kappa shape index (κ1) is 21.9. The smallest absolute Gasteiger partial charge is 0.251 e. The van der Waals surface area contributed by atoms with E-state index in [-0.39, 0.29) is 11.9 Å². The molecule has 33 heavy (non-hydrogen) atoms. The number of amides is 1. The predicted molar refractivity (Wildman–Crippen MR) is 134 cm³/mol. The van der Waals surface area contributed by atoms with Crippen LogP contribution in [0.25, 0.3) is 0 Å². The fourth-order valence-corrected chi connectivity index (χ4v) is 5.92. The summed E-state index contributed by atoms with van der Waals surface area (Å²) in [7, 11) is 0. The molecule has 1 aliphatic carbocycles. The van der Waals surface area contributed by atoms with Gasteiger partial charge < -0.3 is 10.2 Å². The van der Waals surface area contributed by atoms with Gasteiger partial charge >= 0.3 is 0 Å². The Morgan fingerprint density at radius 3 is 1.97 bits per heavy atom. The summed E-state index contributed by atoms with van der Waals surface area (Å²) < 4.78 is 0. The fourth-order valence-electron chi connectivity index (χ4n) is 5.92. The number of carbonyl (C=O) groups excluding carboxylic acids is 1. The molecular weight excluding hydrogens is 404 g/mol.